The van der Waals surface area contributed by atoms with E-state index in [-0.39, 0.29) is 5.60 Å². The van der Waals surface area contributed by atoms with E-state index in [1.54, 1.807) is 0 Å². The summed E-state index contributed by atoms with van der Waals surface area (Å²) in [5, 5.41) is 0. The van der Waals surface area contributed by atoms with Crippen molar-refractivity contribution in [2.24, 2.45) is 0 Å². The first kappa shape index (κ1) is 23.1. The van der Waals surface area contributed by atoms with Gasteiger partial charge in [-0.05, 0) is 98.7 Å². The molecule has 0 aliphatic carbocycles. The number of pyridine rings is 1. The predicted molar refractivity (Wildman–Crippen MR) is 131 cm³/mol. The van der Waals surface area contributed by atoms with E-state index in [0.717, 1.165) is 25.0 Å². The van der Waals surface area contributed by atoms with Gasteiger partial charge in [0.1, 0.15) is 11.4 Å². The van der Waals surface area contributed by atoms with E-state index in [2.05, 4.69) is 106 Å². The van der Waals surface area contributed by atoms with E-state index in [1.165, 1.54) is 16.7 Å². The lowest BCUT2D eigenvalue weighted by Gasteiger charge is -2.27. The summed E-state index contributed by atoms with van der Waals surface area (Å²) in [6.07, 6.45) is 7.22. The smallest absolute Gasteiger partial charge is 0.120 e. The van der Waals surface area contributed by atoms with Gasteiger partial charge in [0.15, 0.2) is 0 Å². The molecule has 0 bridgehead atoms. The van der Waals surface area contributed by atoms with Crippen LogP contribution in [0.25, 0.3) is 0 Å². The first-order valence-corrected chi connectivity index (χ1v) is 11.6. The third-order valence-electron chi connectivity index (χ3n) is 6.02. The Balaban J connectivity index is 1.84. The number of hydrogen-bond acceptors (Lipinski definition) is 2. The molecule has 0 N–H and O–H groups in total. The minimum atomic E-state index is -0.183. The minimum absolute atomic E-state index is 0.183. The van der Waals surface area contributed by atoms with Crippen LogP contribution >= 0.6 is 0 Å². The maximum absolute atomic E-state index is 6.05. The highest BCUT2D eigenvalue weighted by Gasteiger charge is 2.22. The molecule has 164 valence electrons. The molecule has 0 saturated carbocycles. The molecule has 0 amide bonds. The summed E-state index contributed by atoms with van der Waals surface area (Å²) >= 11 is 0. The molecule has 2 aromatic carbocycles. The Labute approximate surface area is 188 Å². The molecular formula is C29H37NO. The van der Waals surface area contributed by atoms with Crippen molar-refractivity contribution >= 4 is 0 Å². The first-order valence-electron chi connectivity index (χ1n) is 11.6. The van der Waals surface area contributed by atoms with E-state index < -0.39 is 0 Å². The summed E-state index contributed by atoms with van der Waals surface area (Å²) in [5.41, 5.74) is 4.02. The zero-order valence-corrected chi connectivity index (χ0v) is 19.7. The van der Waals surface area contributed by atoms with Crippen molar-refractivity contribution in [2.75, 3.05) is 0 Å². The van der Waals surface area contributed by atoms with Gasteiger partial charge in [-0.15, -0.1) is 0 Å². The third-order valence-corrected chi connectivity index (χ3v) is 6.02. The molecule has 0 saturated heterocycles. The lowest BCUT2D eigenvalue weighted by molar-refractivity contribution is 0.131. The van der Waals surface area contributed by atoms with Gasteiger partial charge in [-0.2, -0.15) is 0 Å². The maximum atomic E-state index is 6.05. The fourth-order valence-corrected chi connectivity index (χ4v) is 4.39. The van der Waals surface area contributed by atoms with E-state index >= 15 is 0 Å². The number of benzene rings is 2. The molecule has 0 fully saturated rings. The molecule has 0 radical (unpaired) electrons. The van der Waals surface area contributed by atoms with Crippen molar-refractivity contribution in [3.8, 4) is 5.75 Å². The quantitative estimate of drug-likeness (QED) is 0.352. The van der Waals surface area contributed by atoms with Crippen LogP contribution in [0, 0.1) is 0 Å². The summed E-state index contributed by atoms with van der Waals surface area (Å²) in [6.45, 7) is 10.9. The largest absolute Gasteiger partial charge is 0.488 e. The lowest BCUT2D eigenvalue weighted by Crippen LogP contribution is -2.22. The third kappa shape index (κ3) is 6.95. The van der Waals surface area contributed by atoms with Crippen molar-refractivity contribution in [2.45, 2.75) is 77.2 Å². The summed E-state index contributed by atoms with van der Waals surface area (Å²) < 4.78 is 6.05. The molecule has 1 aromatic heterocycles. The average Bonchev–Trinajstić information content (AvgIpc) is 2.77. The van der Waals surface area contributed by atoms with Crippen LogP contribution in [0.1, 0.15) is 88.3 Å². The molecule has 3 rings (SSSR count). The number of hydrogen-bond donors (Lipinski definition) is 0. The summed E-state index contributed by atoms with van der Waals surface area (Å²) in [7, 11) is 0. The van der Waals surface area contributed by atoms with Gasteiger partial charge >= 0.3 is 0 Å². The fourth-order valence-electron chi connectivity index (χ4n) is 4.39. The molecule has 0 aliphatic rings. The summed E-state index contributed by atoms with van der Waals surface area (Å²) in [5.74, 6) is 2.46. The van der Waals surface area contributed by atoms with Gasteiger partial charge in [0.25, 0.3) is 0 Å². The van der Waals surface area contributed by atoms with Gasteiger partial charge in [-0.1, -0.05) is 56.3 Å². The van der Waals surface area contributed by atoms with Crippen LogP contribution in [0.5, 0.6) is 5.75 Å². The molecule has 3 aromatic rings. The highest BCUT2D eigenvalue weighted by Crippen LogP contribution is 2.39. The van der Waals surface area contributed by atoms with Crippen LogP contribution < -0.4 is 4.74 Å². The minimum Gasteiger partial charge on any atom is -0.488 e. The van der Waals surface area contributed by atoms with Crippen LogP contribution in [-0.2, 0) is 0 Å². The Morgan fingerprint density at radius 3 is 1.94 bits per heavy atom. The van der Waals surface area contributed by atoms with Crippen LogP contribution in [-0.4, -0.2) is 10.6 Å². The SMILES string of the molecule is CCC(CC(CC(C)c1ccncc1)c1ccc(OC(C)(C)C)cc1)c1ccccc1. The molecule has 2 nitrogen and oxygen atoms in total. The standard InChI is InChI=1S/C29H37NO/c1-6-23(25-10-8-7-9-11-25)21-27(20-22(2)24-16-18-30-19-17-24)26-12-14-28(15-13-26)31-29(3,4)5/h7-19,22-23,27H,6,20-21H2,1-5H3. The molecule has 0 aliphatic heterocycles. The average molecular weight is 416 g/mol. The Hall–Kier alpha value is -2.61. The zero-order chi connectivity index (χ0) is 22.3. The van der Waals surface area contributed by atoms with Gasteiger partial charge in [0.2, 0.25) is 0 Å². The Morgan fingerprint density at radius 2 is 1.35 bits per heavy atom. The van der Waals surface area contributed by atoms with Gasteiger partial charge in [0, 0.05) is 12.4 Å². The molecule has 31 heavy (non-hydrogen) atoms. The van der Waals surface area contributed by atoms with E-state index in [9.17, 15) is 0 Å². The van der Waals surface area contributed by atoms with Crippen LogP contribution in [0.15, 0.2) is 79.1 Å². The second-order valence-corrected chi connectivity index (χ2v) is 9.65. The molecule has 1 heterocycles. The second kappa shape index (κ2) is 10.6. The number of rotatable bonds is 9. The van der Waals surface area contributed by atoms with E-state index in [1.807, 2.05) is 12.4 Å². The van der Waals surface area contributed by atoms with Crippen LogP contribution in [0.3, 0.4) is 0 Å². The van der Waals surface area contributed by atoms with Crippen molar-refractivity contribution in [3.63, 3.8) is 0 Å². The van der Waals surface area contributed by atoms with Crippen molar-refractivity contribution in [3.05, 3.63) is 95.8 Å². The second-order valence-electron chi connectivity index (χ2n) is 9.65. The monoisotopic (exact) mass is 415 g/mol. The topological polar surface area (TPSA) is 22.1 Å². The predicted octanol–water partition coefficient (Wildman–Crippen LogP) is 8.12. The van der Waals surface area contributed by atoms with Gasteiger partial charge < -0.3 is 4.74 Å². The van der Waals surface area contributed by atoms with Crippen molar-refractivity contribution < 1.29 is 4.74 Å². The van der Waals surface area contributed by atoms with Gasteiger partial charge in [0.05, 0.1) is 0 Å². The number of nitrogens with zero attached hydrogens (tertiary/aromatic N) is 1. The van der Waals surface area contributed by atoms with E-state index in [0.29, 0.717) is 17.8 Å². The van der Waals surface area contributed by atoms with Gasteiger partial charge in [-0.3, -0.25) is 4.98 Å². The molecule has 0 spiro atoms. The molecule has 2 heteroatoms. The van der Waals surface area contributed by atoms with Crippen LogP contribution in [0.2, 0.25) is 0 Å². The maximum Gasteiger partial charge on any atom is 0.120 e. The zero-order valence-electron chi connectivity index (χ0n) is 19.7. The van der Waals surface area contributed by atoms with Gasteiger partial charge in [-0.25, -0.2) is 0 Å². The summed E-state index contributed by atoms with van der Waals surface area (Å²) in [6, 6.07) is 24.1. The molecule has 3 atom stereocenters. The van der Waals surface area contributed by atoms with Crippen LogP contribution in [0.4, 0.5) is 0 Å². The van der Waals surface area contributed by atoms with E-state index in [4.69, 9.17) is 4.74 Å². The van der Waals surface area contributed by atoms with Crippen molar-refractivity contribution in [1.82, 2.24) is 4.98 Å². The fraction of sp³-hybridized carbons (Fsp3) is 0.414. The molecular weight excluding hydrogens is 378 g/mol. The lowest BCUT2D eigenvalue weighted by atomic mass is 9.78. The first-order chi connectivity index (χ1) is 14.9. The summed E-state index contributed by atoms with van der Waals surface area (Å²) in [4.78, 5) is 4.19. The number of aromatic nitrogens is 1. The Morgan fingerprint density at radius 1 is 0.742 bits per heavy atom. The normalized spacial score (nSPS) is 14.6. The highest BCUT2D eigenvalue weighted by molar-refractivity contribution is 5.31. The number of ether oxygens (including phenoxy) is 1. The highest BCUT2D eigenvalue weighted by atomic mass is 16.5. The molecule has 3 unspecified atom stereocenters. The van der Waals surface area contributed by atoms with Crippen molar-refractivity contribution in [1.29, 1.82) is 0 Å². The Bertz CT molecular complexity index is 897. The Kier molecular flexibility index (Phi) is 7.90.